The molecule has 0 saturated heterocycles. The summed E-state index contributed by atoms with van der Waals surface area (Å²) >= 11 is 2.91. The van der Waals surface area contributed by atoms with Gasteiger partial charge in [0, 0.05) is 11.1 Å². The van der Waals surface area contributed by atoms with Crippen LogP contribution in [0.3, 0.4) is 0 Å². The lowest BCUT2D eigenvalue weighted by molar-refractivity contribution is -0.131. The van der Waals surface area contributed by atoms with Gasteiger partial charge in [-0.05, 0) is 25.1 Å². The number of benzene rings is 1. The maximum absolute atomic E-state index is 12.0. The van der Waals surface area contributed by atoms with Crippen molar-refractivity contribution in [3.63, 3.8) is 0 Å². The highest BCUT2D eigenvalue weighted by atomic mass is 32.2. The van der Waals surface area contributed by atoms with Gasteiger partial charge in [0.2, 0.25) is 0 Å². The number of aryl methyl sites for hydroxylation is 1. The Morgan fingerprint density at radius 2 is 1.69 bits per heavy atom. The molecule has 0 fully saturated rings. The van der Waals surface area contributed by atoms with E-state index in [9.17, 15) is 14.4 Å². The molecule has 0 atom stereocenters. The largest absolute Gasteiger partial charge is 0.465 e. The predicted molar refractivity (Wildman–Crippen MR) is 97.8 cm³/mol. The molecule has 0 radical (unpaired) electrons. The molecule has 2 aromatic rings. The van der Waals surface area contributed by atoms with Crippen LogP contribution < -0.4 is 4.74 Å². The summed E-state index contributed by atoms with van der Waals surface area (Å²) in [6.45, 7) is 1.92. The molecule has 0 bridgehead atoms. The van der Waals surface area contributed by atoms with E-state index in [2.05, 4.69) is 14.5 Å². The number of carbonyl (C=O) groups is 3. The molecule has 0 amide bonds. The second-order valence-corrected chi connectivity index (χ2v) is 7.10. The van der Waals surface area contributed by atoms with Crippen molar-refractivity contribution in [3.05, 3.63) is 45.4 Å². The predicted octanol–water partition coefficient (Wildman–Crippen LogP) is 2.86. The van der Waals surface area contributed by atoms with Crippen LogP contribution >= 0.6 is 23.1 Å². The minimum atomic E-state index is -0.652. The van der Waals surface area contributed by atoms with Crippen LogP contribution in [0.15, 0.2) is 23.6 Å². The molecular weight excluding hydrogens is 378 g/mol. The number of ether oxygens (including phenoxy) is 3. The maximum atomic E-state index is 12.0. The first-order chi connectivity index (χ1) is 12.4. The van der Waals surface area contributed by atoms with Gasteiger partial charge in [-0.3, -0.25) is 4.79 Å². The SMILES string of the molecule is COC(=O)c1cc(OC(=O)CSCc2csc(C)n2)cc(C(=O)OC)c1. The lowest BCUT2D eigenvalue weighted by Gasteiger charge is -2.08. The third kappa shape index (κ3) is 5.57. The van der Waals surface area contributed by atoms with Gasteiger partial charge in [-0.2, -0.15) is 0 Å². The zero-order chi connectivity index (χ0) is 19.1. The summed E-state index contributed by atoms with van der Waals surface area (Å²) < 4.78 is 14.5. The molecule has 1 aromatic carbocycles. The zero-order valence-corrected chi connectivity index (χ0v) is 16.1. The summed E-state index contributed by atoms with van der Waals surface area (Å²) in [5.41, 5.74) is 1.08. The molecule has 1 heterocycles. The van der Waals surface area contributed by atoms with E-state index in [1.54, 1.807) is 11.3 Å². The van der Waals surface area contributed by atoms with E-state index >= 15 is 0 Å². The average molecular weight is 395 g/mol. The molecule has 0 saturated carbocycles. The van der Waals surface area contributed by atoms with Crippen LogP contribution in [0.2, 0.25) is 0 Å². The molecule has 0 spiro atoms. The third-order valence-corrected chi connectivity index (χ3v) is 4.88. The fourth-order valence-corrected chi connectivity index (χ4v) is 3.41. The van der Waals surface area contributed by atoms with Crippen LogP contribution in [0.4, 0.5) is 0 Å². The summed E-state index contributed by atoms with van der Waals surface area (Å²) in [6, 6.07) is 3.99. The van der Waals surface area contributed by atoms with Crippen molar-refractivity contribution in [2.24, 2.45) is 0 Å². The Hall–Kier alpha value is -2.39. The third-order valence-electron chi connectivity index (χ3n) is 3.12. The van der Waals surface area contributed by atoms with Gasteiger partial charge in [-0.1, -0.05) is 0 Å². The van der Waals surface area contributed by atoms with Crippen molar-refractivity contribution in [2.45, 2.75) is 12.7 Å². The lowest BCUT2D eigenvalue weighted by atomic mass is 10.1. The molecule has 138 valence electrons. The average Bonchev–Trinajstić information content (AvgIpc) is 3.05. The van der Waals surface area contributed by atoms with E-state index in [1.165, 1.54) is 44.2 Å². The van der Waals surface area contributed by atoms with E-state index in [0.717, 1.165) is 10.7 Å². The minimum absolute atomic E-state index is 0.0726. The molecule has 1 aromatic heterocycles. The zero-order valence-electron chi connectivity index (χ0n) is 14.4. The standard InChI is InChI=1S/C17H17NO6S2/c1-10-18-13(8-26-10)7-25-9-15(19)24-14-5-11(16(20)22-2)4-12(6-14)17(21)23-3/h4-6,8H,7,9H2,1-3H3. The summed E-state index contributed by atoms with van der Waals surface area (Å²) in [5.74, 6) is -1.03. The first kappa shape index (κ1) is 19.9. The Morgan fingerprint density at radius 3 is 2.19 bits per heavy atom. The smallest absolute Gasteiger partial charge is 0.338 e. The normalized spacial score (nSPS) is 10.3. The van der Waals surface area contributed by atoms with Gasteiger partial charge in [-0.25, -0.2) is 14.6 Å². The first-order valence-electron chi connectivity index (χ1n) is 7.44. The molecule has 7 nitrogen and oxygen atoms in total. The fraction of sp³-hybridized carbons (Fsp3) is 0.294. The maximum Gasteiger partial charge on any atom is 0.338 e. The number of methoxy groups -OCH3 is 2. The van der Waals surface area contributed by atoms with Crippen molar-refractivity contribution in [1.82, 2.24) is 4.98 Å². The highest BCUT2D eigenvalue weighted by Gasteiger charge is 2.16. The summed E-state index contributed by atoms with van der Waals surface area (Å²) in [7, 11) is 2.44. The quantitative estimate of drug-likeness (QED) is 0.522. The van der Waals surface area contributed by atoms with Crippen molar-refractivity contribution >= 4 is 41.0 Å². The Kier molecular flexibility index (Phi) is 7.16. The second kappa shape index (κ2) is 9.35. The van der Waals surface area contributed by atoms with Crippen LogP contribution in [-0.2, 0) is 20.0 Å². The lowest BCUT2D eigenvalue weighted by Crippen LogP contribution is -2.13. The molecule has 2 rings (SSSR count). The number of hydrogen-bond acceptors (Lipinski definition) is 9. The van der Waals surface area contributed by atoms with E-state index < -0.39 is 17.9 Å². The van der Waals surface area contributed by atoms with Crippen LogP contribution in [-0.4, -0.2) is 42.9 Å². The van der Waals surface area contributed by atoms with Crippen molar-refractivity contribution in [2.75, 3.05) is 20.0 Å². The molecule has 0 aliphatic heterocycles. The molecular formula is C17H17NO6S2. The fourth-order valence-electron chi connectivity index (χ4n) is 2.00. The Bertz CT molecular complexity index is 783. The van der Waals surface area contributed by atoms with Gasteiger partial charge in [0.15, 0.2) is 0 Å². The van der Waals surface area contributed by atoms with Crippen LogP contribution in [0, 0.1) is 6.92 Å². The first-order valence-corrected chi connectivity index (χ1v) is 9.47. The van der Waals surface area contributed by atoms with E-state index in [-0.39, 0.29) is 22.6 Å². The number of nitrogens with zero attached hydrogens (tertiary/aromatic N) is 1. The topological polar surface area (TPSA) is 91.8 Å². The Balaban J connectivity index is 2.03. The highest BCUT2D eigenvalue weighted by Crippen LogP contribution is 2.21. The molecule has 0 aliphatic carbocycles. The highest BCUT2D eigenvalue weighted by molar-refractivity contribution is 7.99. The molecule has 0 aliphatic rings. The summed E-state index contributed by atoms with van der Waals surface area (Å²) in [6.07, 6.45) is 0. The van der Waals surface area contributed by atoms with E-state index in [1.807, 2.05) is 12.3 Å². The van der Waals surface area contributed by atoms with E-state index in [0.29, 0.717) is 5.75 Å². The van der Waals surface area contributed by atoms with Crippen LogP contribution in [0.25, 0.3) is 0 Å². The number of thioether (sulfide) groups is 1. The minimum Gasteiger partial charge on any atom is -0.465 e. The van der Waals surface area contributed by atoms with Gasteiger partial charge in [0.1, 0.15) is 5.75 Å². The van der Waals surface area contributed by atoms with Crippen molar-refractivity contribution in [3.8, 4) is 5.75 Å². The number of aromatic nitrogens is 1. The summed E-state index contributed by atoms with van der Waals surface area (Å²) in [4.78, 5) is 39.8. The molecule has 26 heavy (non-hydrogen) atoms. The van der Waals surface area contributed by atoms with Gasteiger partial charge in [0.25, 0.3) is 0 Å². The van der Waals surface area contributed by atoms with Gasteiger partial charge >= 0.3 is 17.9 Å². The summed E-state index contributed by atoms with van der Waals surface area (Å²) in [5, 5.41) is 2.91. The van der Waals surface area contributed by atoms with Crippen molar-refractivity contribution in [1.29, 1.82) is 0 Å². The number of carbonyl (C=O) groups excluding carboxylic acids is 3. The van der Waals surface area contributed by atoms with Gasteiger partial charge < -0.3 is 14.2 Å². The number of thiazole rings is 1. The van der Waals surface area contributed by atoms with Crippen LogP contribution in [0.1, 0.15) is 31.4 Å². The Labute approximate surface area is 158 Å². The number of esters is 3. The van der Waals surface area contributed by atoms with Crippen LogP contribution in [0.5, 0.6) is 5.75 Å². The molecule has 9 heteroatoms. The van der Waals surface area contributed by atoms with Crippen molar-refractivity contribution < 1.29 is 28.6 Å². The Morgan fingerprint density at radius 1 is 1.08 bits per heavy atom. The number of hydrogen-bond donors (Lipinski definition) is 0. The number of rotatable bonds is 7. The molecule has 0 N–H and O–H groups in total. The monoisotopic (exact) mass is 395 g/mol. The van der Waals surface area contributed by atoms with E-state index in [4.69, 9.17) is 4.74 Å². The second-order valence-electron chi connectivity index (χ2n) is 5.05. The van der Waals surface area contributed by atoms with Gasteiger partial charge in [0.05, 0.1) is 41.8 Å². The molecule has 0 unspecified atom stereocenters. The van der Waals surface area contributed by atoms with Gasteiger partial charge in [-0.15, -0.1) is 23.1 Å².